The molecule has 1 aromatic rings. The van der Waals surface area contributed by atoms with Gasteiger partial charge in [0.05, 0.1) is 0 Å². The van der Waals surface area contributed by atoms with E-state index < -0.39 is 12.6 Å². The van der Waals surface area contributed by atoms with Crippen LogP contribution in [0, 0.1) is 0 Å². The van der Waals surface area contributed by atoms with Gasteiger partial charge in [-0.05, 0) is 0 Å². The van der Waals surface area contributed by atoms with E-state index in [4.69, 9.17) is 20.4 Å². The third-order valence-corrected chi connectivity index (χ3v) is 1.53. The Labute approximate surface area is 86.2 Å². The van der Waals surface area contributed by atoms with Crippen molar-refractivity contribution in [1.82, 2.24) is 0 Å². The quantitative estimate of drug-likeness (QED) is 0.363. The molecular weight excluding hydrogens is 187 g/mol. The minimum atomic E-state index is -1.52. The van der Waals surface area contributed by atoms with Gasteiger partial charge in [0.25, 0.3) is 0 Å². The van der Waals surface area contributed by atoms with Crippen LogP contribution in [0.5, 0.6) is 0 Å². The molecule has 5 heteroatoms. The first-order valence-electron chi connectivity index (χ1n) is 3.43. The second kappa shape index (κ2) is 5.35. The first-order chi connectivity index (χ1) is 5.61. The summed E-state index contributed by atoms with van der Waals surface area (Å²) >= 11 is 0. The van der Waals surface area contributed by atoms with Crippen molar-refractivity contribution in [3.05, 3.63) is 35.4 Å². The summed E-state index contributed by atoms with van der Waals surface area (Å²) in [5, 5.41) is 34.7. The van der Waals surface area contributed by atoms with E-state index in [2.05, 4.69) is 0 Å². The molecular formula is C8H11AlO4+2. The van der Waals surface area contributed by atoms with Crippen LogP contribution in [0.15, 0.2) is 24.3 Å². The average Bonchev–Trinajstić information content (AvgIpc) is 2.04. The van der Waals surface area contributed by atoms with Gasteiger partial charge in [0.15, 0.2) is 12.6 Å². The molecule has 0 radical (unpaired) electrons. The van der Waals surface area contributed by atoms with Crippen LogP contribution in [0.2, 0.25) is 0 Å². The number of rotatable bonds is 2. The summed E-state index contributed by atoms with van der Waals surface area (Å²) in [6.07, 6.45) is -3.04. The van der Waals surface area contributed by atoms with Gasteiger partial charge in [-0.3, -0.25) is 0 Å². The van der Waals surface area contributed by atoms with Crippen LogP contribution in [-0.4, -0.2) is 37.8 Å². The molecule has 0 spiro atoms. The fourth-order valence-electron chi connectivity index (χ4n) is 0.840. The van der Waals surface area contributed by atoms with Gasteiger partial charge in [0.2, 0.25) is 0 Å². The van der Waals surface area contributed by atoms with E-state index >= 15 is 0 Å². The van der Waals surface area contributed by atoms with Gasteiger partial charge in [-0.15, -0.1) is 0 Å². The van der Waals surface area contributed by atoms with Crippen LogP contribution in [-0.2, 0) is 0 Å². The van der Waals surface area contributed by atoms with Crippen molar-refractivity contribution in [2.75, 3.05) is 0 Å². The van der Waals surface area contributed by atoms with Crippen molar-refractivity contribution in [2.24, 2.45) is 0 Å². The van der Waals surface area contributed by atoms with Gasteiger partial charge in [0, 0.05) is 11.1 Å². The molecule has 1 rings (SSSR count). The molecule has 0 aromatic heterocycles. The number of aliphatic hydroxyl groups is 4. The molecule has 0 amide bonds. The van der Waals surface area contributed by atoms with Gasteiger partial charge in [0.1, 0.15) is 0 Å². The summed E-state index contributed by atoms with van der Waals surface area (Å²) in [5.74, 6) is 0. The number of aliphatic hydroxyl groups excluding tert-OH is 2. The molecule has 4 nitrogen and oxygen atoms in total. The van der Waals surface area contributed by atoms with Gasteiger partial charge < -0.3 is 20.4 Å². The third kappa shape index (κ3) is 3.45. The van der Waals surface area contributed by atoms with E-state index in [-0.39, 0.29) is 17.4 Å². The molecule has 0 saturated heterocycles. The zero-order chi connectivity index (χ0) is 9.14. The summed E-state index contributed by atoms with van der Waals surface area (Å²) < 4.78 is 0. The topological polar surface area (TPSA) is 80.9 Å². The van der Waals surface area contributed by atoms with Crippen molar-refractivity contribution in [2.45, 2.75) is 12.6 Å². The van der Waals surface area contributed by atoms with Crippen molar-refractivity contribution in [1.29, 1.82) is 0 Å². The Bertz CT molecular complexity index is 218. The summed E-state index contributed by atoms with van der Waals surface area (Å²) in [6.45, 7) is 0. The molecule has 0 fully saturated rings. The molecule has 0 bridgehead atoms. The van der Waals surface area contributed by atoms with Gasteiger partial charge in [-0.25, -0.2) is 0 Å². The number of hydrogen-bond acceptors (Lipinski definition) is 4. The summed E-state index contributed by atoms with van der Waals surface area (Å²) in [6, 6.07) is 5.66. The molecule has 0 aliphatic carbocycles. The second-order valence-corrected chi connectivity index (χ2v) is 2.41. The first-order valence-corrected chi connectivity index (χ1v) is 3.43. The SMILES string of the molecule is OC(O)c1ccc(C(O)O)cc1.[AlH+2]. The molecule has 0 heterocycles. The molecule has 0 saturated carbocycles. The fourth-order valence-corrected chi connectivity index (χ4v) is 0.840. The van der Waals surface area contributed by atoms with Crippen molar-refractivity contribution >= 4 is 17.4 Å². The number of hydrogen-bond donors (Lipinski definition) is 4. The van der Waals surface area contributed by atoms with E-state index in [9.17, 15) is 0 Å². The Morgan fingerprint density at radius 1 is 0.692 bits per heavy atom. The molecule has 0 aliphatic rings. The van der Waals surface area contributed by atoms with Crippen molar-refractivity contribution in [3.8, 4) is 0 Å². The molecule has 1 aromatic carbocycles. The zero-order valence-electron chi connectivity index (χ0n) is 6.96. The fraction of sp³-hybridized carbons (Fsp3) is 0.250. The maximum atomic E-state index is 8.68. The summed E-state index contributed by atoms with van der Waals surface area (Å²) in [5.41, 5.74) is 0.638. The van der Waals surface area contributed by atoms with Crippen LogP contribution in [0.1, 0.15) is 23.7 Å². The van der Waals surface area contributed by atoms with Crippen molar-refractivity contribution < 1.29 is 20.4 Å². The predicted octanol–water partition coefficient (Wildman–Crippen LogP) is -0.996. The Hall–Kier alpha value is -0.408. The predicted molar refractivity (Wildman–Crippen MR) is 47.9 cm³/mol. The van der Waals surface area contributed by atoms with E-state index in [0.717, 1.165) is 0 Å². The van der Waals surface area contributed by atoms with E-state index in [1.165, 1.54) is 24.3 Å². The molecule has 0 unspecified atom stereocenters. The Kier molecular flexibility index (Phi) is 5.18. The summed E-state index contributed by atoms with van der Waals surface area (Å²) in [7, 11) is 0. The van der Waals surface area contributed by atoms with Crippen LogP contribution in [0.25, 0.3) is 0 Å². The monoisotopic (exact) mass is 198 g/mol. The molecule has 13 heavy (non-hydrogen) atoms. The van der Waals surface area contributed by atoms with E-state index in [1.807, 2.05) is 0 Å². The average molecular weight is 198 g/mol. The first kappa shape index (κ1) is 12.6. The Morgan fingerprint density at radius 2 is 0.923 bits per heavy atom. The molecule has 0 atom stereocenters. The zero-order valence-corrected chi connectivity index (χ0v) is 8.37. The number of benzene rings is 1. The third-order valence-electron chi connectivity index (χ3n) is 1.53. The van der Waals surface area contributed by atoms with Crippen LogP contribution >= 0.6 is 0 Å². The van der Waals surface area contributed by atoms with Crippen LogP contribution < -0.4 is 0 Å². The van der Waals surface area contributed by atoms with Gasteiger partial charge in [-0.2, -0.15) is 0 Å². The van der Waals surface area contributed by atoms with E-state index in [1.54, 1.807) is 0 Å². The Morgan fingerprint density at radius 3 is 1.08 bits per heavy atom. The summed E-state index contributed by atoms with van der Waals surface area (Å²) in [4.78, 5) is 0. The molecule has 4 N–H and O–H groups in total. The minimum absolute atomic E-state index is 0. The Balaban J connectivity index is 0.00000144. The van der Waals surface area contributed by atoms with Crippen molar-refractivity contribution in [3.63, 3.8) is 0 Å². The normalized spacial score (nSPS) is 10.3. The second-order valence-electron chi connectivity index (χ2n) is 2.41. The van der Waals surface area contributed by atoms with E-state index in [0.29, 0.717) is 11.1 Å². The maximum absolute atomic E-state index is 8.68. The molecule has 0 aliphatic heterocycles. The van der Waals surface area contributed by atoms with Gasteiger partial charge >= 0.3 is 17.4 Å². The van der Waals surface area contributed by atoms with Crippen LogP contribution in [0.3, 0.4) is 0 Å². The van der Waals surface area contributed by atoms with Gasteiger partial charge in [-0.1, -0.05) is 24.3 Å². The standard InChI is InChI=1S/C8H10O4.Al.H/c9-7(10)5-1-2-6(4-3-5)8(11)12;;/h1-4,7-12H;;/q;+2;. The molecule has 68 valence electrons. The van der Waals surface area contributed by atoms with Crippen LogP contribution in [0.4, 0.5) is 0 Å².